The molecule has 1 atom stereocenters. The average molecular weight is 557 g/mol. The van der Waals surface area contributed by atoms with Gasteiger partial charge in [-0.25, -0.2) is 8.42 Å². The van der Waals surface area contributed by atoms with Crippen molar-refractivity contribution in [3.8, 4) is 23.0 Å². The van der Waals surface area contributed by atoms with E-state index in [4.69, 9.17) is 25.8 Å². The van der Waals surface area contributed by atoms with Crippen molar-refractivity contribution >= 4 is 27.3 Å². The van der Waals surface area contributed by atoms with E-state index in [0.717, 1.165) is 18.2 Å². The molecule has 0 radical (unpaired) electrons. The molecule has 3 aromatic carbocycles. The van der Waals surface area contributed by atoms with Crippen LogP contribution < -0.4 is 24.2 Å². The van der Waals surface area contributed by atoms with Crippen LogP contribution in [-0.2, 0) is 16.2 Å². The van der Waals surface area contributed by atoms with Gasteiger partial charge in [0.1, 0.15) is 28.6 Å². The summed E-state index contributed by atoms with van der Waals surface area (Å²) >= 11 is 6.27. The first kappa shape index (κ1) is 26.9. The van der Waals surface area contributed by atoms with Gasteiger partial charge in [0.15, 0.2) is 0 Å². The second-order valence-corrected chi connectivity index (χ2v) is 10.8. The van der Waals surface area contributed by atoms with E-state index in [1.54, 1.807) is 31.2 Å². The zero-order chi connectivity index (χ0) is 26.8. The predicted molar refractivity (Wildman–Crippen MR) is 133 cm³/mol. The van der Waals surface area contributed by atoms with Crippen molar-refractivity contribution in [2.45, 2.75) is 30.0 Å². The molecule has 1 aliphatic rings. The Morgan fingerprint density at radius 1 is 1.03 bits per heavy atom. The number of hydrogen-bond acceptors (Lipinski definition) is 6. The van der Waals surface area contributed by atoms with E-state index in [1.807, 2.05) is 0 Å². The molecule has 1 aliphatic heterocycles. The lowest BCUT2D eigenvalue weighted by molar-refractivity contribution is -0.139. The van der Waals surface area contributed by atoms with Gasteiger partial charge in [-0.1, -0.05) is 17.7 Å². The molecule has 37 heavy (non-hydrogen) atoms. The van der Waals surface area contributed by atoms with E-state index in [0.29, 0.717) is 31.0 Å². The summed E-state index contributed by atoms with van der Waals surface area (Å²) in [5, 5.41) is 3.07. The Hall–Kier alpha value is -3.15. The smallest absolute Gasteiger partial charge is 0.419 e. The monoisotopic (exact) mass is 556 g/mol. The van der Waals surface area contributed by atoms with Gasteiger partial charge in [-0.05, 0) is 55.9 Å². The maximum Gasteiger partial charge on any atom is 0.419 e. The Labute approximate surface area is 217 Å². The highest BCUT2D eigenvalue weighted by molar-refractivity contribution is 7.92. The predicted octanol–water partition coefficient (Wildman–Crippen LogP) is 6.09. The first-order valence-corrected chi connectivity index (χ1v) is 13.0. The zero-order valence-corrected chi connectivity index (χ0v) is 21.4. The molecule has 12 heteroatoms. The summed E-state index contributed by atoms with van der Waals surface area (Å²) < 4.78 is 85.7. The fraction of sp³-hybridized carbons (Fsp3) is 0.280. The Morgan fingerprint density at radius 2 is 1.78 bits per heavy atom. The number of benzene rings is 3. The molecule has 0 amide bonds. The minimum absolute atomic E-state index is 0.0174. The largest absolute Gasteiger partial charge is 0.497 e. The van der Waals surface area contributed by atoms with Gasteiger partial charge < -0.3 is 19.5 Å². The molecule has 0 unspecified atom stereocenters. The molecule has 3 aromatic rings. The SMILES string of the molecule is COc1cccc(Oc2ccc(S(=O)(=O)Nc3ccc(C(F)(F)F)c(O[C@]4(C)CCNC4)c3)cc2Cl)c1. The molecular formula is C25H24ClF3N2O5S. The number of alkyl halides is 3. The van der Waals surface area contributed by atoms with Gasteiger partial charge in [0.2, 0.25) is 0 Å². The van der Waals surface area contributed by atoms with Gasteiger partial charge in [0, 0.05) is 25.1 Å². The summed E-state index contributed by atoms with van der Waals surface area (Å²) in [5.41, 5.74) is -1.94. The molecule has 1 heterocycles. The summed E-state index contributed by atoms with van der Waals surface area (Å²) in [6, 6.07) is 13.5. The standard InChI is InChI=1S/C25H24ClF3N2O5S/c1-24(10-11-30-15-24)36-23-12-16(6-8-20(23)25(27,28)29)31-37(32,33)19-7-9-22(21(26)14-19)35-18-5-3-4-17(13-18)34-2/h3-9,12-14,30-31H,10-11,15H2,1-2H3/t24-/m1/s1. The molecule has 0 aliphatic carbocycles. The molecular weight excluding hydrogens is 533 g/mol. The fourth-order valence-corrected chi connectivity index (χ4v) is 5.15. The van der Waals surface area contributed by atoms with E-state index in [-0.39, 0.29) is 21.4 Å². The fourth-order valence-electron chi connectivity index (χ4n) is 3.79. The minimum atomic E-state index is -4.68. The van der Waals surface area contributed by atoms with Crippen molar-refractivity contribution in [1.29, 1.82) is 0 Å². The average Bonchev–Trinajstić information content (AvgIpc) is 3.25. The number of sulfonamides is 1. The quantitative estimate of drug-likeness (QED) is 0.349. The summed E-state index contributed by atoms with van der Waals surface area (Å²) in [6.45, 7) is 2.66. The van der Waals surface area contributed by atoms with Gasteiger partial charge >= 0.3 is 6.18 Å². The van der Waals surface area contributed by atoms with Crippen molar-refractivity contribution in [1.82, 2.24) is 5.32 Å². The van der Waals surface area contributed by atoms with E-state index in [2.05, 4.69) is 10.0 Å². The van der Waals surface area contributed by atoms with Crippen LogP contribution in [0, 0.1) is 0 Å². The molecule has 0 spiro atoms. The normalized spacial score (nSPS) is 17.9. The van der Waals surface area contributed by atoms with Crippen LogP contribution in [0.2, 0.25) is 5.02 Å². The van der Waals surface area contributed by atoms with Crippen LogP contribution in [0.3, 0.4) is 0 Å². The topological polar surface area (TPSA) is 85.9 Å². The molecule has 1 fully saturated rings. The third kappa shape index (κ3) is 6.41. The molecule has 2 N–H and O–H groups in total. The Morgan fingerprint density at radius 3 is 2.43 bits per heavy atom. The third-order valence-electron chi connectivity index (χ3n) is 5.71. The second-order valence-electron chi connectivity index (χ2n) is 8.67. The van der Waals surface area contributed by atoms with Gasteiger partial charge in [0.25, 0.3) is 10.0 Å². The molecule has 0 saturated carbocycles. The maximum absolute atomic E-state index is 13.6. The Bertz CT molecular complexity index is 1390. The lowest BCUT2D eigenvalue weighted by Gasteiger charge is -2.27. The number of hydrogen-bond donors (Lipinski definition) is 2. The van der Waals surface area contributed by atoms with Crippen LogP contribution in [0.15, 0.2) is 65.6 Å². The van der Waals surface area contributed by atoms with Crippen LogP contribution in [-0.4, -0.2) is 34.2 Å². The Kier molecular flexibility index (Phi) is 7.50. The second kappa shape index (κ2) is 10.3. The summed E-state index contributed by atoms with van der Waals surface area (Å²) in [5.74, 6) is 0.741. The van der Waals surface area contributed by atoms with Crippen LogP contribution in [0.1, 0.15) is 18.9 Å². The molecule has 198 valence electrons. The van der Waals surface area contributed by atoms with Crippen molar-refractivity contribution in [3.63, 3.8) is 0 Å². The first-order chi connectivity index (χ1) is 17.4. The summed E-state index contributed by atoms with van der Waals surface area (Å²) in [4.78, 5) is -0.204. The van der Waals surface area contributed by atoms with Crippen LogP contribution >= 0.6 is 11.6 Å². The van der Waals surface area contributed by atoms with E-state index in [1.165, 1.54) is 25.3 Å². The molecule has 4 rings (SSSR count). The van der Waals surface area contributed by atoms with Crippen LogP contribution in [0.4, 0.5) is 18.9 Å². The molecule has 0 bridgehead atoms. The lowest BCUT2D eigenvalue weighted by Crippen LogP contribution is -2.35. The molecule has 1 saturated heterocycles. The number of ether oxygens (including phenoxy) is 3. The van der Waals surface area contributed by atoms with Gasteiger partial charge in [0.05, 0.1) is 28.3 Å². The molecule has 7 nitrogen and oxygen atoms in total. The summed E-state index contributed by atoms with van der Waals surface area (Å²) in [6.07, 6.45) is -4.18. The number of rotatable bonds is 8. The Balaban J connectivity index is 1.57. The highest BCUT2D eigenvalue weighted by Crippen LogP contribution is 2.40. The van der Waals surface area contributed by atoms with Crippen molar-refractivity contribution in [3.05, 3.63) is 71.2 Å². The first-order valence-electron chi connectivity index (χ1n) is 11.1. The third-order valence-corrected chi connectivity index (χ3v) is 7.38. The number of anilines is 1. The van der Waals surface area contributed by atoms with Crippen LogP contribution in [0.5, 0.6) is 23.0 Å². The number of methoxy groups -OCH3 is 1. The van der Waals surface area contributed by atoms with Crippen LogP contribution in [0.25, 0.3) is 0 Å². The van der Waals surface area contributed by atoms with E-state index in [9.17, 15) is 21.6 Å². The van der Waals surface area contributed by atoms with E-state index >= 15 is 0 Å². The van der Waals surface area contributed by atoms with Crippen molar-refractivity contribution < 1.29 is 35.8 Å². The zero-order valence-electron chi connectivity index (χ0n) is 19.9. The minimum Gasteiger partial charge on any atom is -0.497 e. The van der Waals surface area contributed by atoms with Gasteiger partial charge in [-0.2, -0.15) is 13.2 Å². The van der Waals surface area contributed by atoms with Gasteiger partial charge in [-0.3, -0.25) is 4.72 Å². The van der Waals surface area contributed by atoms with Crippen molar-refractivity contribution in [2.75, 3.05) is 24.9 Å². The highest BCUT2D eigenvalue weighted by atomic mass is 35.5. The van der Waals surface area contributed by atoms with E-state index < -0.39 is 33.1 Å². The number of nitrogens with one attached hydrogen (secondary N) is 2. The maximum atomic E-state index is 13.6. The lowest BCUT2D eigenvalue weighted by atomic mass is 10.1. The number of halogens is 4. The highest BCUT2D eigenvalue weighted by Gasteiger charge is 2.38. The van der Waals surface area contributed by atoms with Crippen molar-refractivity contribution in [2.24, 2.45) is 0 Å². The molecule has 0 aromatic heterocycles. The van der Waals surface area contributed by atoms with Gasteiger partial charge in [-0.15, -0.1) is 0 Å². The summed E-state index contributed by atoms with van der Waals surface area (Å²) in [7, 11) is -2.69.